The lowest BCUT2D eigenvalue weighted by atomic mass is 10.3. The number of carbonyl (C=O) groups is 1. The molecule has 0 spiro atoms. The lowest BCUT2D eigenvalue weighted by Gasteiger charge is -2.27. The first-order valence-corrected chi connectivity index (χ1v) is 6.02. The van der Waals surface area contributed by atoms with Gasteiger partial charge in [0, 0.05) is 26.2 Å². The Morgan fingerprint density at radius 3 is 2.65 bits per heavy atom. The highest BCUT2D eigenvalue weighted by molar-refractivity contribution is 5.76. The molecule has 0 radical (unpaired) electrons. The summed E-state index contributed by atoms with van der Waals surface area (Å²) in [6.45, 7) is 3.86. The van der Waals surface area contributed by atoms with Crippen molar-refractivity contribution in [3.8, 4) is 5.75 Å². The molecule has 17 heavy (non-hydrogen) atoms. The molecule has 2 rings (SSSR count). The highest BCUT2D eigenvalue weighted by Crippen LogP contribution is 2.08. The molecule has 1 fully saturated rings. The van der Waals surface area contributed by atoms with E-state index < -0.39 is 0 Å². The summed E-state index contributed by atoms with van der Waals surface area (Å²) >= 11 is 0. The van der Waals surface area contributed by atoms with Crippen molar-refractivity contribution in [2.45, 2.75) is 6.42 Å². The number of hydrogen-bond donors (Lipinski definition) is 1. The SMILES string of the molecule is O=C(CCOc1ccccc1)N1CCNCC1. The van der Waals surface area contributed by atoms with E-state index >= 15 is 0 Å². The Morgan fingerprint density at radius 1 is 1.24 bits per heavy atom. The summed E-state index contributed by atoms with van der Waals surface area (Å²) in [5.74, 6) is 1.00. The number of hydrogen-bond acceptors (Lipinski definition) is 3. The summed E-state index contributed by atoms with van der Waals surface area (Å²) in [6, 6.07) is 9.59. The Morgan fingerprint density at radius 2 is 1.94 bits per heavy atom. The normalized spacial score (nSPS) is 15.6. The first-order chi connectivity index (χ1) is 8.36. The van der Waals surface area contributed by atoms with Crippen molar-refractivity contribution in [2.75, 3.05) is 32.8 Å². The molecule has 0 atom stereocenters. The quantitative estimate of drug-likeness (QED) is 0.841. The van der Waals surface area contributed by atoms with E-state index in [-0.39, 0.29) is 5.91 Å². The molecule has 0 aromatic heterocycles. The Hall–Kier alpha value is -1.55. The van der Waals surface area contributed by atoms with Gasteiger partial charge < -0.3 is 15.0 Å². The van der Waals surface area contributed by atoms with Crippen LogP contribution < -0.4 is 10.1 Å². The summed E-state index contributed by atoms with van der Waals surface area (Å²) in [4.78, 5) is 13.7. The first kappa shape index (κ1) is 11.9. The highest BCUT2D eigenvalue weighted by Gasteiger charge is 2.15. The van der Waals surface area contributed by atoms with Gasteiger partial charge in [0.2, 0.25) is 5.91 Å². The van der Waals surface area contributed by atoms with E-state index in [1.807, 2.05) is 35.2 Å². The zero-order chi connectivity index (χ0) is 11.9. The van der Waals surface area contributed by atoms with E-state index in [1.165, 1.54) is 0 Å². The number of ether oxygens (including phenoxy) is 1. The minimum Gasteiger partial charge on any atom is -0.493 e. The van der Waals surface area contributed by atoms with Gasteiger partial charge in [0.1, 0.15) is 5.75 Å². The number of rotatable bonds is 4. The van der Waals surface area contributed by atoms with E-state index in [9.17, 15) is 4.79 Å². The fourth-order valence-corrected chi connectivity index (χ4v) is 1.85. The van der Waals surface area contributed by atoms with Crippen LogP contribution in [-0.4, -0.2) is 43.6 Å². The molecule has 4 nitrogen and oxygen atoms in total. The van der Waals surface area contributed by atoms with Crippen molar-refractivity contribution < 1.29 is 9.53 Å². The minimum atomic E-state index is 0.183. The molecule has 0 unspecified atom stereocenters. The molecule has 92 valence electrons. The van der Waals surface area contributed by atoms with Crippen molar-refractivity contribution in [3.63, 3.8) is 0 Å². The van der Waals surface area contributed by atoms with Gasteiger partial charge in [0.05, 0.1) is 13.0 Å². The number of nitrogens with zero attached hydrogens (tertiary/aromatic N) is 1. The summed E-state index contributed by atoms with van der Waals surface area (Å²) in [5, 5.41) is 3.23. The molecule has 1 heterocycles. The number of para-hydroxylation sites is 1. The Balaban J connectivity index is 1.69. The predicted octanol–water partition coefficient (Wildman–Crippen LogP) is 0.887. The molecule has 0 saturated carbocycles. The largest absolute Gasteiger partial charge is 0.493 e. The number of piperazine rings is 1. The van der Waals surface area contributed by atoms with Gasteiger partial charge in [-0.2, -0.15) is 0 Å². The van der Waals surface area contributed by atoms with E-state index in [4.69, 9.17) is 4.74 Å². The predicted molar refractivity (Wildman–Crippen MR) is 66.0 cm³/mol. The Labute approximate surface area is 102 Å². The molecule has 1 aromatic rings. The van der Waals surface area contributed by atoms with Crippen LogP contribution in [0.4, 0.5) is 0 Å². The third-order valence-corrected chi connectivity index (χ3v) is 2.80. The number of amides is 1. The molecule has 1 saturated heterocycles. The van der Waals surface area contributed by atoms with Crippen LogP contribution in [0.5, 0.6) is 5.75 Å². The molecular weight excluding hydrogens is 216 g/mol. The van der Waals surface area contributed by atoms with Gasteiger partial charge in [-0.25, -0.2) is 0 Å². The number of nitrogens with one attached hydrogen (secondary N) is 1. The monoisotopic (exact) mass is 234 g/mol. The van der Waals surface area contributed by atoms with Gasteiger partial charge in [-0.3, -0.25) is 4.79 Å². The van der Waals surface area contributed by atoms with Gasteiger partial charge in [-0.15, -0.1) is 0 Å². The van der Waals surface area contributed by atoms with Crippen LogP contribution in [-0.2, 0) is 4.79 Å². The van der Waals surface area contributed by atoms with Crippen LogP contribution in [0.25, 0.3) is 0 Å². The van der Waals surface area contributed by atoms with Crippen molar-refractivity contribution in [1.29, 1.82) is 0 Å². The Kier molecular flexibility index (Phi) is 4.38. The topological polar surface area (TPSA) is 41.6 Å². The number of benzene rings is 1. The van der Waals surface area contributed by atoms with Gasteiger partial charge in [0.15, 0.2) is 0 Å². The number of carbonyl (C=O) groups excluding carboxylic acids is 1. The summed E-state index contributed by atoms with van der Waals surface area (Å²) in [5.41, 5.74) is 0. The zero-order valence-corrected chi connectivity index (χ0v) is 9.89. The average Bonchev–Trinajstić information content (AvgIpc) is 2.41. The average molecular weight is 234 g/mol. The van der Waals surface area contributed by atoms with Gasteiger partial charge in [-0.05, 0) is 12.1 Å². The smallest absolute Gasteiger partial charge is 0.226 e. The third kappa shape index (κ3) is 3.75. The fraction of sp³-hybridized carbons (Fsp3) is 0.462. The van der Waals surface area contributed by atoms with Gasteiger partial charge in [0.25, 0.3) is 0 Å². The Bertz CT molecular complexity index is 348. The second-order valence-electron chi connectivity index (χ2n) is 4.04. The molecule has 1 aliphatic rings. The molecule has 4 heteroatoms. The van der Waals surface area contributed by atoms with E-state index in [2.05, 4.69) is 5.32 Å². The van der Waals surface area contributed by atoms with Crippen LogP contribution in [0, 0.1) is 0 Å². The maximum Gasteiger partial charge on any atom is 0.226 e. The molecular formula is C13H18N2O2. The van der Waals surface area contributed by atoms with Crippen LogP contribution >= 0.6 is 0 Å². The van der Waals surface area contributed by atoms with Crippen LogP contribution in [0.1, 0.15) is 6.42 Å². The molecule has 1 aromatic carbocycles. The molecule has 1 amide bonds. The zero-order valence-electron chi connectivity index (χ0n) is 9.89. The second-order valence-corrected chi connectivity index (χ2v) is 4.04. The minimum absolute atomic E-state index is 0.183. The van der Waals surface area contributed by atoms with Crippen LogP contribution in [0.15, 0.2) is 30.3 Å². The van der Waals surface area contributed by atoms with Gasteiger partial charge in [-0.1, -0.05) is 18.2 Å². The fourth-order valence-electron chi connectivity index (χ4n) is 1.85. The lowest BCUT2D eigenvalue weighted by molar-refractivity contribution is -0.132. The van der Waals surface area contributed by atoms with Crippen molar-refractivity contribution >= 4 is 5.91 Å². The van der Waals surface area contributed by atoms with Crippen molar-refractivity contribution in [1.82, 2.24) is 10.2 Å². The maximum absolute atomic E-state index is 11.8. The van der Waals surface area contributed by atoms with Crippen LogP contribution in [0.3, 0.4) is 0 Å². The standard InChI is InChI=1S/C13H18N2O2/c16-13(15-9-7-14-8-10-15)6-11-17-12-4-2-1-3-5-12/h1-5,14H,6-11H2. The first-order valence-electron chi connectivity index (χ1n) is 6.02. The third-order valence-electron chi connectivity index (χ3n) is 2.80. The lowest BCUT2D eigenvalue weighted by Crippen LogP contribution is -2.46. The molecule has 1 aliphatic heterocycles. The maximum atomic E-state index is 11.8. The van der Waals surface area contributed by atoms with Crippen LogP contribution in [0.2, 0.25) is 0 Å². The summed E-state index contributed by atoms with van der Waals surface area (Å²) < 4.78 is 5.50. The van der Waals surface area contributed by atoms with Crippen molar-refractivity contribution in [3.05, 3.63) is 30.3 Å². The summed E-state index contributed by atoms with van der Waals surface area (Å²) in [6.07, 6.45) is 0.453. The molecule has 1 N–H and O–H groups in total. The molecule has 0 bridgehead atoms. The van der Waals surface area contributed by atoms with E-state index in [0.29, 0.717) is 13.0 Å². The summed E-state index contributed by atoms with van der Waals surface area (Å²) in [7, 11) is 0. The highest BCUT2D eigenvalue weighted by atomic mass is 16.5. The van der Waals surface area contributed by atoms with E-state index in [0.717, 1.165) is 31.9 Å². The second kappa shape index (κ2) is 6.25. The van der Waals surface area contributed by atoms with Gasteiger partial charge >= 0.3 is 0 Å². The van der Waals surface area contributed by atoms with E-state index in [1.54, 1.807) is 0 Å². The van der Waals surface area contributed by atoms with Crippen molar-refractivity contribution in [2.24, 2.45) is 0 Å². The molecule has 0 aliphatic carbocycles.